The third-order valence-electron chi connectivity index (χ3n) is 3.93. The topological polar surface area (TPSA) is 0 Å². The van der Waals surface area contributed by atoms with Gasteiger partial charge in [0.2, 0.25) is 0 Å². The number of fused-ring (bicyclic) bond motifs is 1. The van der Waals surface area contributed by atoms with Crippen LogP contribution in [-0.4, -0.2) is 48.9 Å². The molecular weight excluding hydrogens is 366 g/mol. The van der Waals surface area contributed by atoms with Crippen LogP contribution in [0.2, 0.25) is 0 Å². The van der Waals surface area contributed by atoms with Crippen molar-refractivity contribution in [3.8, 4) is 0 Å². The van der Waals surface area contributed by atoms with Crippen LogP contribution in [-0.2, 0) is 6.42 Å². The van der Waals surface area contributed by atoms with Crippen molar-refractivity contribution in [1.29, 1.82) is 0 Å². The van der Waals surface area contributed by atoms with Gasteiger partial charge in [-0.3, -0.25) is 0 Å². The average Bonchev–Trinajstić information content (AvgIpc) is 2.46. The fraction of sp³-hybridized carbons (Fsp3) is 0.474. The third-order valence-corrected chi connectivity index (χ3v) is 3.93. The van der Waals surface area contributed by atoms with Gasteiger partial charge in [-0.1, -0.05) is 87.9 Å². The van der Waals surface area contributed by atoms with Crippen molar-refractivity contribution in [2.75, 3.05) is 0 Å². The Morgan fingerprint density at radius 3 is 2.20 bits per heavy atom. The molecule has 0 amide bonds. The summed E-state index contributed by atoms with van der Waals surface area (Å²) in [6.07, 6.45) is 10.9. The summed E-state index contributed by atoms with van der Waals surface area (Å²) in [4.78, 5) is 0. The molecule has 1 heteroatoms. The molecule has 0 saturated carbocycles. The number of unbranched alkanes of at least 4 members (excludes halogenated alkanes) is 6. The quantitative estimate of drug-likeness (QED) is 0.382. The van der Waals surface area contributed by atoms with E-state index in [1.807, 2.05) is 0 Å². The van der Waals surface area contributed by atoms with E-state index in [1.54, 1.807) is 0 Å². The van der Waals surface area contributed by atoms with Crippen LogP contribution < -0.4 is 0 Å². The Labute approximate surface area is 167 Å². The van der Waals surface area contributed by atoms with Gasteiger partial charge >= 0.3 is 48.9 Å². The van der Waals surface area contributed by atoms with E-state index < -0.39 is 0 Å². The summed E-state index contributed by atoms with van der Waals surface area (Å²) in [6.45, 7) is 2.28. The fourth-order valence-electron chi connectivity index (χ4n) is 2.78. The van der Waals surface area contributed by atoms with Crippen LogP contribution in [0.15, 0.2) is 42.5 Å². The average molecular weight is 394 g/mol. The van der Waals surface area contributed by atoms with Crippen molar-refractivity contribution in [3.05, 3.63) is 48.0 Å². The molecule has 0 saturated heterocycles. The predicted octanol–water partition coefficient (Wildman–Crippen LogP) is 5.98. The Balaban J connectivity index is 0. The minimum atomic E-state index is 0. The van der Waals surface area contributed by atoms with Crippen LogP contribution in [0, 0.1) is 0 Å². The van der Waals surface area contributed by atoms with Gasteiger partial charge in [0.25, 0.3) is 0 Å². The standard InChI is InChI=1S/C19H26.Ba.2H/c1-2-3-4-5-6-7-8-12-17-14-11-15-18-13-9-10-16-19(17)18;;;/h9-11,13-16H,2-8,12H2,1H3;;;/q;+2;2*-1. The van der Waals surface area contributed by atoms with Crippen LogP contribution in [0.1, 0.15) is 60.3 Å². The SMILES string of the molecule is CCCCCCCCCc1cccc2ccccc12.[Ba+2].[H-].[H-]. The molecule has 0 bridgehead atoms. The van der Waals surface area contributed by atoms with Crippen molar-refractivity contribution >= 4 is 59.7 Å². The van der Waals surface area contributed by atoms with E-state index in [2.05, 4.69) is 49.4 Å². The summed E-state index contributed by atoms with van der Waals surface area (Å²) in [6, 6.07) is 15.4. The van der Waals surface area contributed by atoms with E-state index in [0.29, 0.717) is 0 Å². The van der Waals surface area contributed by atoms with E-state index in [-0.39, 0.29) is 51.7 Å². The van der Waals surface area contributed by atoms with E-state index in [4.69, 9.17) is 0 Å². The van der Waals surface area contributed by atoms with Crippen LogP contribution in [0.4, 0.5) is 0 Å². The van der Waals surface area contributed by atoms with Gasteiger partial charge < -0.3 is 2.85 Å². The van der Waals surface area contributed by atoms with Crippen LogP contribution in [0.5, 0.6) is 0 Å². The summed E-state index contributed by atoms with van der Waals surface area (Å²) in [5, 5.41) is 2.82. The van der Waals surface area contributed by atoms with E-state index >= 15 is 0 Å². The summed E-state index contributed by atoms with van der Waals surface area (Å²) < 4.78 is 0. The summed E-state index contributed by atoms with van der Waals surface area (Å²) in [5.41, 5.74) is 1.52. The van der Waals surface area contributed by atoms with Gasteiger partial charge in [0.05, 0.1) is 0 Å². The molecule has 2 aromatic rings. The maximum Gasteiger partial charge on any atom is 2.00 e. The minimum absolute atomic E-state index is 0. The van der Waals surface area contributed by atoms with E-state index in [9.17, 15) is 0 Å². The summed E-state index contributed by atoms with van der Waals surface area (Å²) >= 11 is 0. The van der Waals surface area contributed by atoms with Gasteiger partial charge in [-0.2, -0.15) is 0 Å². The molecule has 0 aliphatic rings. The number of hydrogen-bond donors (Lipinski definition) is 0. The molecule has 0 aromatic heterocycles. The third kappa shape index (κ3) is 5.95. The zero-order valence-electron chi connectivity index (χ0n) is 14.9. The number of hydrogen-bond acceptors (Lipinski definition) is 0. The molecule has 0 nitrogen and oxygen atoms in total. The minimum Gasteiger partial charge on any atom is -1.00 e. The Bertz CT molecular complexity index is 494. The fourth-order valence-corrected chi connectivity index (χ4v) is 2.78. The second-order valence-corrected chi connectivity index (χ2v) is 5.51. The molecule has 0 N–H and O–H groups in total. The largest absolute Gasteiger partial charge is 2.00 e. The summed E-state index contributed by atoms with van der Waals surface area (Å²) in [7, 11) is 0. The molecule has 20 heavy (non-hydrogen) atoms. The first-order chi connectivity index (χ1) is 9.42. The van der Waals surface area contributed by atoms with E-state index in [1.165, 1.54) is 67.7 Å². The first kappa shape index (κ1) is 18.3. The molecule has 0 radical (unpaired) electrons. The molecule has 0 heterocycles. The summed E-state index contributed by atoms with van der Waals surface area (Å²) in [5.74, 6) is 0. The zero-order chi connectivity index (χ0) is 13.3. The zero-order valence-corrected chi connectivity index (χ0v) is 17.3. The van der Waals surface area contributed by atoms with Crippen molar-refractivity contribution in [1.82, 2.24) is 0 Å². The number of benzene rings is 2. The van der Waals surface area contributed by atoms with Gasteiger partial charge in [0, 0.05) is 0 Å². The maximum atomic E-state index is 2.29. The van der Waals surface area contributed by atoms with Crippen molar-refractivity contribution in [2.24, 2.45) is 0 Å². The Morgan fingerprint density at radius 1 is 0.750 bits per heavy atom. The van der Waals surface area contributed by atoms with Gasteiger partial charge in [-0.05, 0) is 29.2 Å². The van der Waals surface area contributed by atoms with Gasteiger partial charge in [-0.15, -0.1) is 0 Å². The first-order valence-corrected chi connectivity index (χ1v) is 7.88. The van der Waals surface area contributed by atoms with Crippen LogP contribution in [0.25, 0.3) is 10.8 Å². The molecule has 0 unspecified atom stereocenters. The molecular formula is C19H28Ba. The molecule has 0 spiro atoms. The molecule has 0 aliphatic carbocycles. The van der Waals surface area contributed by atoms with Crippen molar-refractivity contribution in [3.63, 3.8) is 0 Å². The molecule has 106 valence electrons. The Hall–Kier alpha value is 0.271. The normalized spacial score (nSPS) is 10.4. The predicted molar refractivity (Wildman–Crippen MR) is 93.6 cm³/mol. The smallest absolute Gasteiger partial charge is 1.00 e. The molecule has 2 aromatic carbocycles. The maximum absolute atomic E-state index is 2.29. The number of rotatable bonds is 8. The van der Waals surface area contributed by atoms with Gasteiger partial charge in [0.15, 0.2) is 0 Å². The second-order valence-electron chi connectivity index (χ2n) is 5.51. The van der Waals surface area contributed by atoms with E-state index in [0.717, 1.165) is 0 Å². The Morgan fingerprint density at radius 2 is 1.40 bits per heavy atom. The van der Waals surface area contributed by atoms with Crippen LogP contribution in [0.3, 0.4) is 0 Å². The molecule has 0 atom stereocenters. The van der Waals surface area contributed by atoms with Crippen LogP contribution >= 0.6 is 0 Å². The Kier molecular flexibility index (Phi) is 10.0. The number of aryl methyl sites for hydroxylation is 1. The molecule has 0 aliphatic heterocycles. The second kappa shape index (κ2) is 10.9. The van der Waals surface area contributed by atoms with Crippen molar-refractivity contribution < 1.29 is 2.85 Å². The van der Waals surface area contributed by atoms with Gasteiger partial charge in [0.1, 0.15) is 0 Å². The molecule has 2 rings (SSSR count). The monoisotopic (exact) mass is 394 g/mol. The first-order valence-electron chi connectivity index (χ1n) is 7.88. The molecule has 0 fully saturated rings. The van der Waals surface area contributed by atoms with Gasteiger partial charge in [-0.25, -0.2) is 0 Å². The van der Waals surface area contributed by atoms with Crippen molar-refractivity contribution in [2.45, 2.75) is 58.3 Å².